The molecule has 0 aromatic heterocycles. The first-order valence-corrected chi connectivity index (χ1v) is 30.4. The molecule has 0 aliphatic rings. The molecule has 0 aromatic carbocycles. The Morgan fingerprint density at radius 2 is 0.493 bits per heavy atom. The van der Waals surface area contributed by atoms with Crippen LogP contribution in [0.1, 0.15) is 349 Å². The molecule has 0 heterocycles. The van der Waals surface area contributed by atoms with Crippen LogP contribution in [0.2, 0.25) is 0 Å². The summed E-state index contributed by atoms with van der Waals surface area (Å²) in [5.74, 6) is 0.0265. The van der Waals surface area contributed by atoms with E-state index in [1.165, 1.54) is 244 Å². The molecule has 6 nitrogen and oxygen atoms in total. The quantitative estimate of drug-likeness (QED) is 0.0343. The average molecular weight is 948 g/mol. The smallest absolute Gasteiger partial charge is 0.306 e. The van der Waals surface area contributed by atoms with Crippen LogP contribution >= 0.6 is 0 Å². The monoisotopic (exact) mass is 947 g/mol. The minimum absolute atomic E-state index is 0.0614. The number of hydrogen-bond donors (Lipinski definition) is 0. The van der Waals surface area contributed by atoms with Crippen LogP contribution in [0, 0.1) is 5.92 Å². The van der Waals surface area contributed by atoms with Crippen molar-refractivity contribution in [2.75, 3.05) is 13.2 Å². The van der Waals surface area contributed by atoms with Gasteiger partial charge in [0.05, 0.1) is 0 Å². The van der Waals surface area contributed by atoms with E-state index in [2.05, 4.69) is 27.7 Å². The predicted octanol–water partition coefficient (Wildman–Crippen LogP) is 20.2. The van der Waals surface area contributed by atoms with Gasteiger partial charge in [-0.05, 0) is 25.2 Å². The Balaban J connectivity index is 4.24. The van der Waals surface area contributed by atoms with E-state index in [1.54, 1.807) is 0 Å². The van der Waals surface area contributed by atoms with Crippen LogP contribution in [0.15, 0.2) is 0 Å². The van der Waals surface area contributed by atoms with Crippen LogP contribution in [0.5, 0.6) is 0 Å². The van der Waals surface area contributed by atoms with Crippen LogP contribution < -0.4 is 0 Å². The van der Waals surface area contributed by atoms with Gasteiger partial charge in [-0.3, -0.25) is 14.4 Å². The summed E-state index contributed by atoms with van der Waals surface area (Å²) in [5, 5.41) is 0. The summed E-state index contributed by atoms with van der Waals surface area (Å²) in [6, 6.07) is 0. The number of carbonyl (C=O) groups is 3. The van der Waals surface area contributed by atoms with Crippen molar-refractivity contribution in [1.82, 2.24) is 0 Å². The summed E-state index contributed by atoms with van der Waals surface area (Å²) in [6.07, 6.45) is 61.0. The highest BCUT2D eigenvalue weighted by Crippen LogP contribution is 2.18. The van der Waals surface area contributed by atoms with Gasteiger partial charge >= 0.3 is 17.9 Å². The minimum Gasteiger partial charge on any atom is -0.462 e. The Morgan fingerprint density at radius 1 is 0.284 bits per heavy atom. The van der Waals surface area contributed by atoms with Crippen LogP contribution in [0.3, 0.4) is 0 Å². The maximum Gasteiger partial charge on any atom is 0.306 e. The molecule has 0 aliphatic carbocycles. The van der Waals surface area contributed by atoms with Crippen molar-refractivity contribution in [1.29, 1.82) is 0 Å². The molecule has 0 fully saturated rings. The second kappa shape index (κ2) is 55.3. The third kappa shape index (κ3) is 55.2. The zero-order chi connectivity index (χ0) is 48.8. The number of hydrogen-bond acceptors (Lipinski definition) is 6. The van der Waals surface area contributed by atoms with Crippen molar-refractivity contribution < 1.29 is 28.6 Å². The fourth-order valence-electron chi connectivity index (χ4n) is 9.46. The third-order valence-electron chi connectivity index (χ3n) is 14.0. The number of unbranched alkanes of at least 4 members (excludes halogenated alkanes) is 43. The van der Waals surface area contributed by atoms with E-state index in [-0.39, 0.29) is 31.1 Å². The molecular weight excluding hydrogens is 829 g/mol. The maximum absolute atomic E-state index is 12.9. The second-order valence-electron chi connectivity index (χ2n) is 21.5. The molecule has 0 unspecified atom stereocenters. The molecule has 0 spiro atoms. The van der Waals surface area contributed by atoms with Gasteiger partial charge in [-0.25, -0.2) is 0 Å². The molecule has 0 saturated carbocycles. The summed E-state index contributed by atoms with van der Waals surface area (Å²) in [5.41, 5.74) is 0. The summed E-state index contributed by atoms with van der Waals surface area (Å²) in [4.78, 5) is 38.2. The summed E-state index contributed by atoms with van der Waals surface area (Å²) < 4.78 is 16.9. The lowest BCUT2D eigenvalue weighted by atomic mass is 10.0. The first-order chi connectivity index (χ1) is 32.9. The Morgan fingerprint density at radius 3 is 0.731 bits per heavy atom. The van der Waals surface area contributed by atoms with Crippen LogP contribution in [-0.4, -0.2) is 37.2 Å². The third-order valence-corrected chi connectivity index (χ3v) is 14.0. The topological polar surface area (TPSA) is 78.9 Å². The second-order valence-corrected chi connectivity index (χ2v) is 21.5. The van der Waals surface area contributed by atoms with E-state index < -0.39 is 6.10 Å². The first kappa shape index (κ1) is 65.4. The minimum atomic E-state index is -0.762. The Kier molecular flexibility index (Phi) is 54.0. The lowest BCUT2D eigenvalue weighted by Gasteiger charge is -2.18. The van der Waals surface area contributed by atoms with E-state index >= 15 is 0 Å². The van der Waals surface area contributed by atoms with Crippen molar-refractivity contribution >= 4 is 17.9 Å². The molecule has 67 heavy (non-hydrogen) atoms. The Labute approximate surface area is 418 Å². The lowest BCUT2D eigenvalue weighted by molar-refractivity contribution is -0.167. The fourth-order valence-corrected chi connectivity index (χ4v) is 9.46. The van der Waals surface area contributed by atoms with Crippen molar-refractivity contribution in [2.24, 2.45) is 5.92 Å². The lowest BCUT2D eigenvalue weighted by Crippen LogP contribution is -2.30. The molecular formula is C61H118O6. The maximum atomic E-state index is 12.9. The molecule has 398 valence electrons. The van der Waals surface area contributed by atoms with Crippen molar-refractivity contribution in [2.45, 2.75) is 355 Å². The van der Waals surface area contributed by atoms with E-state index in [1.807, 2.05) is 0 Å². The van der Waals surface area contributed by atoms with Crippen molar-refractivity contribution in [3.63, 3.8) is 0 Å². The number of esters is 3. The molecule has 6 heteroatoms. The molecule has 1 atom stereocenters. The number of ether oxygens (including phenoxy) is 3. The Hall–Kier alpha value is -1.59. The van der Waals surface area contributed by atoms with Gasteiger partial charge in [-0.15, -0.1) is 0 Å². The van der Waals surface area contributed by atoms with Crippen molar-refractivity contribution in [3.05, 3.63) is 0 Å². The van der Waals surface area contributed by atoms with E-state index in [9.17, 15) is 14.4 Å². The average Bonchev–Trinajstić information content (AvgIpc) is 3.31. The molecule has 0 bridgehead atoms. The summed E-state index contributed by atoms with van der Waals surface area (Å²) in [6.45, 7) is 9.08. The summed E-state index contributed by atoms with van der Waals surface area (Å²) in [7, 11) is 0. The summed E-state index contributed by atoms with van der Waals surface area (Å²) >= 11 is 0. The van der Waals surface area contributed by atoms with Gasteiger partial charge in [0.2, 0.25) is 0 Å². The molecule has 0 rings (SSSR count). The van der Waals surface area contributed by atoms with Gasteiger partial charge in [-0.2, -0.15) is 0 Å². The zero-order valence-electron chi connectivity index (χ0n) is 45.9. The highest BCUT2D eigenvalue weighted by Gasteiger charge is 2.19. The molecule has 0 N–H and O–H groups in total. The van der Waals surface area contributed by atoms with Gasteiger partial charge in [0.15, 0.2) is 6.10 Å². The van der Waals surface area contributed by atoms with E-state index in [0.29, 0.717) is 19.3 Å². The highest BCUT2D eigenvalue weighted by molar-refractivity contribution is 5.71. The van der Waals surface area contributed by atoms with Crippen LogP contribution in [0.25, 0.3) is 0 Å². The predicted molar refractivity (Wildman–Crippen MR) is 289 cm³/mol. The number of carbonyl (C=O) groups excluding carboxylic acids is 3. The SMILES string of the molecule is CCCCCCCCCCCCCCCCCCC(=O)OC[C@@H](COC(=O)CCCCCCCCCCCCCC)OC(=O)CCCCCCCCCCCCCCCCCCCCC(C)C. The molecule has 0 aromatic rings. The zero-order valence-corrected chi connectivity index (χ0v) is 45.9. The van der Waals surface area contributed by atoms with Gasteiger partial charge in [-0.1, -0.05) is 310 Å². The van der Waals surface area contributed by atoms with Gasteiger partial charge in [0.1, 0.15) is 13.2 Å². The van der Waals surface area contributed by atoms with Gasteiger partial charge in [0.25, 0.3) is 0 Å². The number of rotatable bonds is 56. The van der Waals surface area contributed by atoms with Gasteiger partial charge in [0, 0.05) is 19.3 Å². The van der Waals surface area contributed by atoms with Crippen LogP contribution in [-0.2, 0) is 28.6 Å². The standard InChI is InChI=1S/C61H118O6/c1-5-7-9-11-13-15-17-19-20-26-29-33-37-41-45-49-53-60(63)66-56-58(55-65-59(62)52-48-44-40-36-32-18-16-14-12-10-8-6-2)67-61(64)54-50-46-42-38-34-30-27-24-22-21-23-25-28-31-35-39-43-47-51-57(3)4/h57-58H,5-56H2,1-4H3/t58-/m1/s1. The van der Waals surface area contributed by atoms with E-state index in [4.69, 9.17) is 14.2 Å². The van der Waals surface area contributed by atoms with Crippen molar-refractivity contribution in [3.8, 4) is 0 Å². The molecule has 0 aliphatic heterocycles. The normalized spacial score (nSPS) is 12.0. The molecule has 0 radical (unpaired) electrons. The fraction of sp³-hybridized carbons (Fsp3) is 0.951. The highest BCUT2D eigenvalue weighted by atomic mass is 16.6. The molecule has 0 saturated heterocycles. The Bertz CT molecular complexity index is 1010. The first-order valence-electron chi connectivity index (χ1n) is 30.4. The molecule has 0 amide bonds. The van der Waals surface area contributed by atoms with E-state index in [0.717, 1.165) is 63.7 Å². The van der Waals surface area contributed by atoms with Gasteiger partial charge < -0.3 is 14.2 Å². The largest absolute Gasteiger partial charge is 0.462 e. The van der Waals surface area contributed by atoms with Crippen LogP contribution in [0.4, 0.5) is 0 Å².